The summed E-state index contributed by atoms with van der Waals surface area (Å²) in [7, 11) is 0. The minimum Gasteiger partial charge on any atom is -0.461 e. The van der Waals surface area contributed by atoms with E-state index in [2.05, 4.69) is 5.10 Å². The summed E-state index contributed by atoms with van der Waals surface area (Å²) >= 11 is 12.6. The number of carbonyl (C=O) groups excluding carboxylic acids is 1. The Morgan fingerprint density at radius 3 is 2.61 bits per heavy atom. The number of halogens is 3. The van der Waals surface area contributed by atoms with E-state index in [4.69, 9.17) is 27.9 Å². The van der Waals surface area contributed by atoms with Gasteiger partial charge in [-0.3, -0.25) is 0 Å². The van der Waals surface area contributed by atoms with Gasteiger partial charge in [-0.05, 0) is 80.2 Å². The number of esters is 1. The molecule has 3 aromatic rings. The van der Waals surface area contributed by atoms with Gasteiger partial charge in [-0.2, -0.15) is 5.10 Å². The predicted octanol–water partition coefficient (Wildman–Crippen LogP) is 6.76. The normalized spacial score (nSPS) is 14.9. The first-order valence-electron chi connectivity index (χ1n) is 10.2. The summed E-state index contributed by atoms with van der Waals surface area (Å²) < 4.78 is 20.4. The highest BCUT2D eigenvalue weighted by Crippen LogP contribution is 2.37. The standard InChI is InChI=1S/C24H21Cl2FN2O2/c1-2-31-24(30)22-19-6-4-3-5-16(13-15-7-10-18(27)11-8-15)23(19)29(28-22)21-12-9-17(25)14-20(21)26/h7-14H,2-6H2,1H3/b16-13+. The maximum absolute atomic E-state index is 13.4. The van der Waals surface area contributed by atoms with Crippen molar-refractivity contribution < 1.29 is 13.9 Å². The van der Waals surface area contributed by atoms with Crippen molar-refractivity contribution in [3.8, 4) is 5.69 Å². The van der Waals surface area contributed by atoms with Crippen molar-refractivity contribution in [1.82, 2.24) is 9.78 Å². The van der Waals surface area contributed by atoms with Crippen LogP contribution in [0.3, 0.4) is 0 Å². The summed E-state index contributed by atoms with van der Waals surface area (Å²) in [6.07, 6.45) is 5.39. The number of ether oxygens (including phenoxy) is 1. The van der Waals surface area contributed by atoms with E-state index in [1.807, 2.05) is 6.08 Å². The van der Waals surface area contributed by atoms with Crippen LogP contribution in [0.4, 0.5) is 4.39 Å². The average Bonchev–Trinajstić information content (AvgIpc) is 2.99. The number of nitrogens with zero attached hydrogens (tertiary/aromatic N) is 2. The second-order valence-electron chi connectivity index (χ2n) is 7.33. The largest absolute Gasteiger partial charge is 0.461 e. The molecule has 0 amide bonds. The number of aromatic nitrogens is 2. The van der Waals surface area contributed by atoms with E-state index in [9.17, 15) is 9.18 Å². The van der Waals surface area contributed by atoms with Gasteiger partial charge in [0.2, 0.25) is 0 Å². The summed E-state index contributed by atoms with van der Waals surface area (Å²) in [5, 5.41) is 5.58. The first-order chi connectivity index (χ1) is 15.0. The first-order valence-corrected chi connectivity index (χ1v) is 10.9. The zero-order valence-electron chi connectivity index (χ0n) is 17.0. The molecule has 1 aliphatic rings. The van der Waals surface area contributed by atoms with Crippen LogP contribution in [0.25, 0.3) is 17.3 Å². The van der Waals surface area contributed by atoms with E-state index in [1.54, 1.807) is 41.9 Å². The number of hydrogen-bond acceptors (Lipinski definition) is 3. The Morgan fingerprint density at radius 2 is 1.90 bits per heavy atom. The SMILES string of the molecule is CCOC(=O)c1nn(-c2ccc(Cl)cc2Cl)c2c1CCCC/C2=C\c1ccc(F)cc1. The highest BCUT2D eigenvalue weighted by atomic mass is 35.5. The van der Waals surface area contributed by atoms with Gasteiger partial charge in [-0.25, -0.2) is 13.9 Å². The number of fused-ring (bicyclic) bond motifs is 1. The Labute approximate surface area is 190 Å². The van der Waals surface area contributed by atoms with Gasteiger partial charge < -0.3 is 4.74 Å². The van der Waals surface area contributed by atoms with Crippen molar-refractivity contribution in [3.63, 3.8) is 0 Å². The smallest absolute Gasteiger partial charge is 0.359 e. The van der Waals surface area contributed by atoms with Gasteiger partial charge in [-0.15, -0.1) is 0 Å². The molecule has 0 atom stereocenters. The van der Waals surface area contributed by atoms with Gasteiger partial charge >= 0.3 is 5.97 Å². The molecule has 0 spiro atoms. The van der Waals surface area contributed by atoms with E-state index >= 15 is 0 Å². The van der Waals surface area contributed by atoms with Crippen molar-refractivity contribution in [2.24, 2.45) is 0 Å². The van der Waals surface area contributed by atoms with Crippen LogP contribution >= 0.6 is 23.2 Å². The number of carbonyl (C=O) groups is 1. The molecule has 0 unspecified atom stereocenters. The van der Waals surface area contributed by atoms with Crippen molar-refractivity contribution in [3.05, 3.63) is 80.8 Å². The summed E-state index contributed by atoms with van der Waals surface area (Å²) in [6, 6.07) is 11.5. The Morgan fingerprint density at radius 1 is 1.16 bits per heavy atom. The summed E-state index contributed by atoms with van der Waals surface area (Å²) in [4.78, 5) is 12.7. The Bertz CT molecular complexity index is 1150. The first kappa shape index (κ1) is 21.6. The Hall–Kier alpha value is -2.63. The van der Waals surface area contributed by atoms with Crippen molar-refractivity contribution >= 4 is 40.8 Å². The van der Waals surface area contributed by atoms with Crippen LogP contribution in [0.1, 0.15) is 53.5 Å². The van der Waals surface area contributed by atoms with E-state index < -0.39 is 5.97 Å². The lowest BCUT2D eigenvalue weighted by molar-refractivity contribution is 0.0517. The fraction of sp³-hybridized carbons (Fsp3) is 0.250. The molecule has 0 radical (unpaired) electrons. The van der Waals surface area contributed by atoms with E-state index in [-0.39, 0.29) is 12.4 Å². The highest BCUT2D eigenvalue weighted by molar-refractivity contribution is 6.35. The van der Waals surface area contributed by atoms with Crippen LogP contribution < -0.4 is 0 Å². The van der Waals surface area contributed by atoms with Crippen LogP contribution in [0.15, 0.2) is 42.5 Å². The zero-order valence-corrected chi connectivity index (χ0v) is 18.5. The molecule has 0 saturated heterocycles. The monoisotopic (exact) mass is 458 g/mol. The predicted molar refractivity (Wildman–Crippen MR) is 121 cm³/mol. The molecule has 0 saturated carbocycles. The maximum Gasteiger partial charge on any atom is 0.359 e. The molecule has 1 aliphatic carbocycles. The number of benzene rings is 2. The van der Waals surface area contributed by atoms with Crippen molar-refractivity contribution in [2.75, 3.05) is 6.61 Å². The molecular formula is C24H21Cl2FN2O2. The highest BCUT2D eigenvalue weighted by Gasteiger charge is 2.28. The fourth-order valence-electron chi connectivity index (χ4n) is 3.84. The number of allylic oxidation sites excluding steroid dienone is 1. The summed E-state index contributed by atoms with van der Waals surface area (Å²) in [5.41, 5.74) is 4.48. The van der Waals surface area contributed by atoms with Gasteiger partial charge in [0.25, 0.3) is 0 Å². The van der Waals surface area contributed by atoms with Gasteiger partial charge in [-0.1, -0.05) is 35.3 Å². The minimum absolute atomic E-state index is 0.264. The quantitative estimate of drug-likeness (QED) is 0.320. The second kappa shape index (κ2) is 9.25. The van der Waals surface area contributed by atoms with E-state index in [1.165, 1.54) is 12.1 Å². The van der Waals surface area contributed by atoms with Gasteiger partial charge in [0.1, 0.15) is 5.82 Å². The molecule has 7 heteroatoms. The minimum atomic E-state index is -0.453. The third-order valence-corrected chi connectivity index (χ3v) is 5.77. The number of rotatable bonds is 4. The van der Waals surface area contributed by atoms with Gasteiger partial charge in [0.15, 0.2) is 5.69 Å². The van der Waals surface area contributed by atoms with Crippen molar-refractivity contribution in [2.45, 2.75) is 32.6 Å². The third-order valence-electron chi connectivity index (χ3n) is 5.23. The average molecular weight is 459 g/mol. The lowest BCUT2D eigenvalue weighted by atomic mass is 10.0. The third kappa shape index (κ3) is 4.53. The summed E-state index contributed by atoms with van der Waals surface area (Å²) in [6.45, 7) is 2.03. The van der Waals surface area contributed by atoms with E-state index in [0.717, 1.165) is 41.7 Å². The Balaban J connectivity index is 1.95. The molecule has 2 aromatic carbocycles. The molecular weight excluding hydrogens is 438 g/mol. The lowest BCUT2D eigenvalue weighted by Crippen LogP contribution is -2.09. The molecule has 1 aromatic heterocycles. The number of hydrogen-bond donors (Lipinski definition) is 0. The van der Waals surface area contributed by atoms with E-state index in [0.29, 0.717) is 27.8 Å². The van der Waals surface area contributed by atoms with Crippen molar-refractivity contribution in [1.29, 1.82) is 0 Å². The molecule has 160 valence electrons. The molecule has 0 N–H and O–H groups in total. The molecule has 31 heavy (non-hydrogen) atoms. The summed E-state index contributed by atoms with van der Waals surface area (Å²) in [5.74, 6) is -0.739. The zero-order chi connectivity index (χ0) is 22.0. The van der Waals surface area contributed by atoms with Crippen LogP contribution in [0, 0.1) is 5.82 Å². The van der Waals surface area contributed by atoms with Crippen LogP contribution in [-0.2, 0) is 11.2 Å². The molecule has 4 rings (SSSR count). The topological polar surface area (TPSA) is 44.1 Å². The van der Waals surface area contributed by atoms with Crippen LogP contribution in [0.2, 0.25) is 10.0 Å². The molecule has 0 aliphatic heterocycles. The molecule has 0 bridgehead atoms. The lowest BCUT2D eigenvalue weighted by Gasteiger charge is -2.13. The van der Waals surface area contributed by atoms with Crippen LogP contribution in [0.5, 0.6) is 0 Å². The molecule has 1 heterocycles. The maximum atomic E-state index is 13.4. The van der Waals surface area contributed by atoms with Gasteiger partial charge in [0.05, 0.1) is 23.0 Å². The fourth-order valence-corrected chi connectivity index (χ4v) is 4.33. The van der Waals surface area contributed by atoms with Crippen LogP contribution in [-0.4, -0.2) is 22.4 Å². The molecule has 0 fully saturated rings. The Kier molecular flexibility index (Phi) is 6.44. The van der Waals surface area contributed by atoms with Gasteiger partial charge in [0, 0.05) is 10.6 Å². The molecule has 4 nitrogen and oxygen atoms in total. The second-order valence-corrected chi connectivity index (χ2v) is 8.18.